The van der Waals surface area contributed by atoms with E-state index in [0.29, 0.717) is 23.2 Å². The third kappa shape index (κ3) is 7.05. The summed E-state index contributed by atoms with van der Waals surface area (Å²) >= 11 is 0. The molecule has 2 atom stereocenters. The summed E-state index contributed by atoms with van der Waals surface area (Å²) in [5.41, 5.74) is 0.651. The Kier molecular flexibility index (Phi) is 8.38. The van der Waals surface area contributed by atoms with Crippen molar-refractivity contribution in [2.75, 3.05) is 37.7 Å². The van der Waals surface area contributed by atoms with E-state index in [1.54, 1.807) is 39.0 Å². The number of halogens is 1. The van der Waals surface area contributed by atoms with Gasteiger partial charge < -0.3 is 34.1 Å². The highest BCUT2D eigenvalue weighted by molar-refractivity contribution is 5.90. The van der Waals surface area contributed by atoms with Gasteiger partial charge in [-0.25, -0.2) is 14.0 Å². The number of benzene rings is 1. The van der Waals surface area contributed by atoms with Crippen molar-refractivity contribution in [1.29, 1.82) is 0 Å². The molecule has 2 N–H and O–H groups in total. The number of carbonyl (C=O) groups excluding carboxylic acids is 3. The van der Waals surface area contributed by atoms with Crippen LogP contribution >= 0.6 is 0 Å². The maximum Gasteiger partial charge on any atom is 0.414 e. The van der Waals surface area contributed by atoms with Gasteiger partial charge in [-0.3, -0.25) is 9.69 Å². The highest BCUT2D eigenvalue weighted by Crippen LogP contribution is 2.30. The van der Waals surface area contributed by atoms with Crippen LogP contribution in [0.2, 0.25) is 0 Å². The molecule has 0 aliphatic carbocycles. The Labute approximate surface area is 224 Å². The molecule has 210 valence electrons. The van der Waals surface area contributed by atoms with Gasteiger partial charge in [0.15, 0.2) is 6.10 Å². The number of hydrogen-bond donors (Lipinski definition) is 2. The van der Waals surface area contributed by atoms with Gasteiger partial charge in [-0.1, -0.05) is 6.08 Å². The van der Waals surface area contributed by atoms with Crippen LogP contribution in [0.1, 0.15) is 32.8 Å². The van der Waals surface area contributed by atoms with Crippen molar-refractivity contribution >= 4 is 29.4 Å². The SMILES string of the molecule is CC(C)(C)OC(=O)N[C@@H](CO)C(=O)N1CC=C(c2ccc(N3C[C@H](COc4ccon4)OC3=O)cc2F)CC1. The Balaban J connectivity index is 1.35. The molecule has 1 aromatic heterocycles. The van der Waals surface area contributed by atoms with E-state index >= 15 is 4.39 Å². The summed E-state index contributed by atoms with van der Waals surface area (Å²) in [6.45, 7) is 5.17. The first-order chi connectivity index (χ1) is 18.5. The number of carbonyl (C=O) groups is 3. The molecule has 12 nitrogen and oxygen atoms in total. The molecule has 2 aromatic rings. The van der Waals surface area contributed by atoms with Gasteiger partial charge in [-0.15, -0.1) is 0 Å². The van der Waals surface area contributed by atoms with Gasteiger partial charge in [0.1, 0.15) is 30.3 Å². The first-order valence-corrected chi connectivity index (χ1v) is 12.4. The van der Waals surface area contributed by atoms with Gasteiger partial charge >= 0.3 is 12.2 Å². The lowest BCUT2D eigenvalue weighted by molar-refractivity contribution is -0.134. The molecule has 3 heterocycles. The molecule has 1 aromatic carbocycles. The molecule has 4 rings (SSSR count). The van der Waals surface area contributed by atoms with Crippen LogP contribution in [0.15, 0.2) is 41.1 Å². The van der Waals surface area contributed by atoms with Crippen LogP contribution in [0, 0.1) is 5.82 Å². The predicted octanol–water partition coefficient (Wildman–Crippen LogP) is 2.72. The lowest BCUT2D eigenvalue weighted by Gasteiger charge is -2.30. The summed E-state index contributed by atoms with van der Waals surface area (Å²) in [7, 11) is 0. The smallest absolute Gasteiger partial charge is 0.414 e. The lowest BCUT2D eigenvalue weighted by atomic mass is 9.98. The second-order valence-corrected chi connectivity index (χ2v) is 10.1. The fourth-order valence-corrected chi connectivity index (χ4v) is 4.18. The largest absolute Gasteiger partial charge is 0.471 e. The minimum absolute atomic E-state index is 0.0713. The molecule has 2 aliphatic rings. The molecule has 13 heteroatoms. The number of aliphatic hydroxyl groups excluding tert-OH is 1. The first-order valence-electron chi connectivity index (χ1n) is 12.4. The molecule has 0 radical (unpaired) electrons. The second kappa shape index (κ2) is 11.7. The molecule has 0 spiro atoms. The van der Waals surface area contributed by atoms with Gasteiger partial charge in [0.05, 0.1) is 18.8 Å². The Morgan fingerprint density at radius 3 is 2.72 bits per heavy atom. The van der Waals surface area contributed by atoms with Gasteiger partial charge in [0.25, 0.3) is 5.88 Å². The average molecular weight is 547 g/mol. The Bertz CT molecular complexity index is 1230. The molecule has 0 unspecified atom stereocenters. The predicted molar refractivity (Wildman–Crippen MR) is 135 cm³/mol. The third-order valence-corrected chi connectivity index (χ3v) is 6.01. The first kappa shape index (κ1) is 27.9. The van der Waals surface area contributed by atoms with Crippen molar-refractivity contribution in [3.8, 4) is 5.88 Å². The van der Waals surface area contributed by atoms with Gasteiger partial charge in [0.2, 0.25) is 5.91 Å². The van der Waals surface area contributed by atoms with Gasteiger partial charge in [0, 0.05) is 24.7 Å². The number of ether oxygens (including phenoxy) is 3. The van der Waals surface area contributed by atoms with E-state index < -0.39 is 48.3 Å². The van der Waals surface area contributed by atoms with Crippen molar-refractivity contribution in [2.45, 2.75) is 44.9 Å². The van der Waals surface area contributed by atoms with Crippen LogP contribution in [-0.2, 0) is 14.3 Å². The molecular formula is C26H31FN4O8. The highest BCUT2D eigenvalue weighted by Gasteiger charge is 2.34. The van der Waals surface area contributed by atoms with Gasteiger partial charge in [-0.05, 0) is 56.1 Å². The van der Waals surface area contributed by atoms with Crippen molar-refractivity contribution in [1.82, 2.24) is 15.4 Å². The lowest BCUT2D eigenvalue weighted by Crippen LogP contribution is -2.52. The normalized spacial score (nSPS) is 18.3. The van der Waals surface area contributed by atoms with Crippen LogP contribution in [0.3, 0.4) is 0 Å². The Hall–Kier alpha value is -4.13. The molecular weight excluding hydrogens is 515 g/mol. The van der Waals surface area contributed by atoms with Crippen LogP contribution in [-0.4, -0.2) is 83.9 Å². The molecule has 3 amide bonds. The van der Waals surface area contributed by atoms with E-state index in [1.165, 1.54) is 28.2 Å². The number of rotatable bonds is 8. The van der Waals surface area contributed by atoms with Crippen molar-refractivity contribution in [3.63, 3.8) is 0 Å². The van der Waals surface area contributed by atoms with E-state index in [0.717, 1.165) is 0 Å². The quantitative estimate of drug-likeness (QED) is 0.511. The summed E-state index contributed by atoms with van der Waals surface area (Å²) in [4.78, 5) is 40.0. The number of aromatic nitrogens is 1. The number of nitrogens with one attached hydrogen (secondary N) is 1. The number of anilines is 1. The molecule has 1 saturated heterocycles. The van der Waals surface area contributed by atoms with E-state index in [2.05, 4.69) is 15.0 Å². The molecule has 0 bridgehead atoms. The van der Waals surface area contributed by atoms with E-state index in [4.69, 9.17) is 14.2 Å². The minimum atomic E-state index is -1.16. The zero-order valence-electron chi connectivity index (χ0n) is 21.9. The van der Waals surface area contributed by atoms with Crippen LogP contribution < -0.4 is 15.0 Å². The standard InChI is InChI=1S/C26H31FN4O8/c1-26(2,3)39-24(34)28-21(14-32)23(33)30-9-6-16(7-10-30)19-5-4-17(12-20(19)27)31-13-18(38-25(31)35)15-36-22-8-11-37-29-22/h4-6,8,11-12,18,21,32H,7,9-10,13-15H2,1-3H3,(H,28,34)/t18-,21+/m1/s1. The highest BCUT2D eigenvalue weighted by atomic mass is 19.1. The number of amides is 3. The Morgan fingerprint density at radius 1 is 1.31 bits per heavy atom. The fraction of sp³-hybridized carbons (Fsp3) is 0.462. The average Bonchev–Trinajstić information content (AvgIpc) is 3.54. The summed E-state index contributed by atoms with van der Waals surface area (Å²) < 4.78 is 35.7. The van der Waals surface area contributed by atoms with Crippen molar-refractivity contribution in [3.05, 3.63) is 48.0 Å². The van der Waals surface area contributed by atoms with E-state index in [-0.39, 0.29) is 32.1 Å². The van der Waals surface area contributed by atoms with E-state index in [9.17, 15) is 19.5 Å². The number of hydrogen-bond acceptors (Lipinski definition) is 9. The molecule has 0 saturated carbocycles. The Morgan fingerprint density at radius 2 is 2.10 bits per heavy atom. The van der Waals surface area contributed by atoms with Gasteiger partial charge in [-0.2, -0.15) is 0 Å². The van der Waals surface area contributed by atoms with Crippen molar-refractivity contribution in [2.24, 2.45) is 0 Å². The maximum absolute atomic E-state index is 15.1. The number of aliphatic hydroxyl groups is 1. The zero-order valence-corrected chi connectivity index (χ0v) is 21.9. The molecule has 2 aliphatic heterocycles. The molecule has 39 heavy (non-hydrogen) atoms. The summed E-state index contributed by atoms with van der Waals surface area (Å²) in [5, 5.41) is 15.6. The van der Waals surface area contributed by atoms with Crippen molar-refractivity contribution < 1.29 is 42.6 Å². The number of cyclic esters (lactones) is 1. The fourth-order valence-electron chi connectivity index (χ4n) is 4.18. The third-order valence-electron chi connectivity index (χ3n) is 6.01. The summed E-state index contributed by atoms with van der Waals surface area (Å²) in [6.07, 6.45) is 1.47. The summed E-state index contributed by atoms with van der Waals surface area (Å²) in [6, 6.07) is 4.86. The monoisotopic (exact) mass is 546 g/mol. The van der Waals surface area contributed by atoms with Crippen LogP contribution in [0.4, 0.5) is 19.7 Å². The minimum Gasteiger partial charge on any atom is -0.471 e. The maximum atomic E-state index is 15.1. The number of nitrogens with zero attached hydrogens (tertiary/aromatic N) is 3. The second-order valence-electron chi connectivity index (χ2n) is 10.1. The van der Waals surface area contributed by atoms with E-state index in [1.807, 2.05) is 0 Å². The van der Waals surface area contributed by atoms with Crippen LogP contribution in [0.5, 0.6) is 5.88 Å². The topological polar surface area (TPSA) is 144 Å². The summed E-state index contributed by atoms with van der Waals surface area (Å²) in [5.74, 6) is -0.718. The molecule has 1 fully saturated rings. The zero-order chi connectivity index (χ0) is 28.2. The number of alkyl carbamates (subject to hydrolysis) is 1. The van der Waals surface area contributed by atoms with Crippen LogP contribution in [0.25, 0.3) is 5.57 Å².